The highest BCUT2D eigenvalue weighted by molar-refractivity contribution is 5.77. The smallest absolute Gasteiger partial charge is 0.394 e. The molecule has 2 amide bonds. The van der Waals surface area contributed by atoms with Crippen LogP contribution in [0.5, 0.6) is 0 Å². The molecule has 23 heavy (non-hydrogen) atoms. The van der Waals surface area contributed by atoms with Crippen LogP contribution in [-0.2, 0) is 4.79 Å². The molecule has 0 radical (unpaired) electrons. The maximum Gasteiger partial charge on any atom is 0.394 e. The third-order valence-electron chi connectivity index (χ3n) is 5.06. The second-order valence-electron chi connectivity index (χ2n) is 7.79. The summed E-state index contributed by atoms with van der Waals surface area (Å²) in [7, 11) is 0. The molecule has 0 aliphatic carbocycles. The van der Waals surface area contributed by atoms with Crippen LogP contribution in [0.15, 0.2) is 0 Å². The van der Waals surface area contributed by atoms with Crippen molar-refractivity contribution >= 4 is 12.0 Å². The number of likely N-dealkylation sites (tertiary alicyclic amines) is 1. The first kappa shape index (κ1) is 19.6. The quantitative estimate of drug-likeness (QED) is 0.831. The number of aliphatic carboxylic acids is 1. The van der Waals surface area contributed by atoms with Crippen LogP contribution in [-0.4, -0.2) is 47.8 Å². The maximum atomic E-state index is 12.9. The summed E-state index contributed by atoms with van der Waals surface area (Å²) in [4.78, 5) is 24.1. The minimum Gasteiger partial charge on any atom is -0.481 e. The Morgan fingerprint density at radius 2 is 1.65 bits per heavy atom. The zero-order valence-corrected chi connectivity index (χ0v) is 14.1. The molecule has 1 saturated heterocycles. The summed E-state index contributed by atoms with van der Waals surface area (Å²) in [6, 6.07) is -0.652. The fourth-order valence-corrected chi connectivity index (χ4v) is 2.23. The van der Waals surface area contributed by atoms with Gasteiger partial charge in [-0.05, 0) is 10.8 Å². The molecule has 5 nitrogen and oxygen atoms in total. The van der Waals surface area contributed by atoms with E-state index in [9.17, 15) is 22.8 Å². The number of carbonyl (C=O) groups is 2. The van der Waals surface area contributed by atoms with Gasteiger partial charge in [0, 0.05) is 19.6 Å². The molecule has 0 bridgehead atoms. The third kappa shape index (κ3) is 4.51. The van der Waals surface area contributed by atoms with Gasteiger partial charge in [0.1, 0.15) is 0 Å². The molecule has 8 heteroatoms. The molecule has 0 saturated carbocycles. The van der Waals surface area contributed by atoms with Gasteiger partial charge in [0.15, 0.2) is 0 Å². The van der Waals surface area contributed by atoms with Crippen LogP contribution < -0.4 is 5.32 Å². The molecular weight excluding hydrogens is 313 g/mol. The van der Waals surface area contributed by atoms with E-state index in [0.717, 1.165) is 4.90 Å². The number of carboxylic acid groups (broad SMARTS) is 1. The number of carbonyl (C=O) groups excluding carboxylic acids is 1. The molecular formula is C15H25F3N2O3. The van der Waals surface area contributed by atoms with Gasteiger partial charge in [0.05, 0.1) is 11.8 Å². The molecule has 0 spiro atoms. The number of hydrogen-bond donors (Lipinski definition) is 2. The van der Waals surface area contributed by atoms with Crippen molar-refractivity contribution in [3.8, 4) is 0 Å². The van der Waals surface area contributed by atoms with E-state index in [1.54, 1.807) is 0 Å². The second-order valence-corrected chi connectivity index (χ2v) is 7.79. The van der Waals surface area contributed by atoms with Crippen molar-refractivity contribution < 1.29 is 27.9 Å². The van der Waals surface area contributed by atoms with Crippen LogP contribution in [0.4, 0.5) is 18.0 Å². The highest BCUT2D eigenvalue weighted by Crippen LogP contribution is 2.39. The molecule has 1 heterocycles. The number of amides is 2. The summed E-state index contributed by atoms with van der Waals surface area (Å²) in [5.41, 5.74) is -0.374. The van der Waals surface area contributed by atoms with E-state index in [2.05, 4.69) is 5.32 Å². The molecule has 0 aromatic heterocycles. The lowest BCUT2D eigenvalue weighted by Crippen LogP contribution is -2.46. The first-order valence-corrected chi connectivity index (χ1v) is 7.49. The van der Waals surface area contributed by atoms with E-state index < -0.39 is 43.1 Å². The van der Waals surface area contributed by atoms with Crippen LogP contribution in [0.25, 0.3) is 0 Å². The lowest BCUT2D eigenvalue weighted by atomic mass is 9.69. The topological polar surface area (TPSA) is 69.6 Å². The average molecular weight is 338 g/mol. The Hall–Kier alpha value is -1.47. The van der Waals surface area contributed by atoms with Gasteiger partial charge < -0.3 is 15.3 Å². The van der Waals surface area contributed by atoms with Crippen LogP contribution >= 0.6 is 0 Å². The van der Waals surface area contributed by atoms with Gasteiger partial charge in [0.25, 0.3) is 0 Å². The Morgan fingerprint density at radius 1 is 1.13 bits per heavy atom. The van der Waals surface area contributed by atoms with Gasteiger partial charge in [-0.15, -0.1) is 0 Å². The Bertz CT molecular complexity index is 470. The number of halogens is 3. The summed E-state index contributed by atoms with van der Waals surface area (Å²) in [6.45, 7) is 9.18. The average Bonchev–Trinajstić information content (AvgIpc) is 2.79. The van der Waals surface area contributed by atoms with Gasteiger partial charge in [-0.1, -0.05) is 34.6 Å². The fraction of sp³-hybridized carbons (Fsp3) is 0.867. The molecule has 1 fully saturated rings. The molecule has 0 unspecified atom stereocenters. The number of carboxylic acids is 1. The van der Waals surface area contributed by atoms with E-state index in [-0.39, 0.29) is 10.8 Å². The SMILES string of the molecule is CC(C)(C)C(C)(C)CNC(=O)N1C[C@@H](C(F)(F)F)[C@H](C(=O)O)C1. The van der Waals surface area contributed by atoms with Crippen molar-refractivity contribution in [3.05, 3.63) is 0 Å². The number of rotatable bonds is 3. The first-order chi connectivity index (χ1) is 10.2. The van der Waals surface area contributed by atoms with E-state index >= 15 is 0 Å². The lowest BCUT2D eigenvalue weighted by Gasteiger charge is -2.39. The molecule has 0 aromatic rings. The highest BCUT2D eigenvalue weighted by Gasteiger charge is 2.53. The van der Waals surface area contributed by atoms with Crippen molar-refractivity contribution in [2.75, 3.05) is 19.6 Å². The molecule has 1 rings (SSSR count). The van der Waals surface area contributed by atoms with E-state index in [0.29, 0.717) is 6.54 Å². The Balaban J connectivity index is 2.74. The lowest BCUT2D eigenvalue weighted by molar-refractivity contribution is -0.187. The van der Waals surface area contributed by atoms with Gasteiger partial charge in [-0.2, -0.15) is 13.2 Å². The van der Waals surface area contributed by atoms with E-state index in [1.807, 2.05) is 34.6 Å². The van der Waals surface area contributed by atoms with Crippen LogP contribution in [0.1, 0.15) is 34.6 Å². The molecule has 1 aliphatic heterocycles. The Morgan fingerprint density at radius 3 is 2.00 bits per heavy atom. The largest absolute Gasteiger partial charge is 0.481 e. The van der Waals surface area contributed by atoms with Crippen LogP contribution in [0.2, 0.25) is 0 Å². The van der Waals surface area contributed by atoms with Gasteiger partial charge in [0.2, 0.25) is 0 Å². The van der Waals surface area contributed by atoms with Crippen molar-refractivity contribution in [3.63, 3.8) is 0 Å². The predicted octanol–water partition coefficient (Wildman–Crippen LogP) is 2.96. The summed E-state index contributed by atoms with van der Waals surface area (Å²) in [5.74, 6) is -5.17. The number of alkyl halides is 3. The number of urea groups is 1. The minimum absolute atomic E-state index is 0.108. The molecule has 134 valence electrons. The highest BCUT2D eigenvalue weighted by atomic mass is 19.4. The standard InChI is InChI=1S/C15H25F3N2O3/c1-13(2,3)14(4,5)8-19-12(23)20-6-9(11(21)22)10(7-20)15(16,17)18/h9-10H,6-8H2,1-5H3,(H,19,23)(H,21,22)/t9-,10-/m1/s1. The van der Waals surface area contributed by atoms with Crippen LogP contribution in [0, 0.1) is 22.7 Å². The Labute approximate surface area is 134 Å². The summed E-state index contributed by atoms with van der Waals surface area (Å²) in [6.07, 6.45) is -4.64. The third-order valence-corrected chi connectivity index (χ3v) is 5.06. The zero-order valence-electron chi connectivity index (χ0n) is 14.1. The fourth-order valence-electron chi connectivity index (χ4n) is 2.23. The molecule has 2 N–H and O–H groups in total. The monoisotopic (exact) mass is 338 g/mol. The maximum absolute atomic E-state index is 12.9. The van der Waals surface area contributed by atoms with E-state index in [4.69, 9.17) is 5.11 Å². The molecule has 1 aliphatic rings. The minimum atomic E-state index is -4.64. The summed E-state index contributed by atoms with van der Waals surface area (Å²) in [5, 5.41) is 11.6. The van der Waals surface area contributed by atoms with Crippen molar-refractivity contribution in [2.45, 2.75) is 40.8 Å². The first-order valence-electron chi connectivity index (χ1n) is 7.49. The van der Waals surface area contributed by atoms with Gasteiger partial charge in [-0.25, -0.2) is 4.79 Å². The van der Waals surface area contributed by atoms with Crippen molar-refractivity contribution in [1.29, 1.82) is 0 Å². The molecule has 0 aromatic carbocycles. The normalized spacial score (nSPS) is 23.0. The van der Waals surface area contributed by atoms with Gasteiger partial charge in [-0.3, -0.25) is 4.79 Å². The number of nitrogens with zero attached hydrogens (tertiary/aromatic N) is 1. The van der Waals surface area contributed by atoms with Gasteiger partial charge >= 0.3 is 18.2 Å². The zero-order chi connectivity index (χ0) is 18.2. The van der Waals surface area contributed by atoms with Crippen LogP contribution in [0.3, 0.4) is 0 Å². The second kappa shape index (κ2) is 6.20. The molecule has 2 atom stereocenters. The number of hydrogen-bond acceptors (Lipinski definition) is 2. The van der Waals surface area contributed by atoms with Crippen molar-refractivity contribution in [2.24, 2.45) is 22.7 Å². The predicted molar refractivity (Wildman–Crippen MR) is 78.9 cm³/mol. The van der Waals surface area contributed by atoms with E-state index in [1.165, 1.54) is 0 Å². The number of nitrogens with one attached hydrogen (secondary N) is 1. The Kier molecular flexibility index (Phi) is 5.28. The summed E-state index contributed by atoms with van der Waals surface area (Å²) < 4.78 is 38.8. The summed E-state index contributed by atoms with van der Waals surface area (Å²) >= 11 is 0. The van der Waals surface area contributed by atoms with Crippen molar-refractivity contribution in [1.82, 2.24) is 10.2 Å².